The van der Waals surface area contributed by atoms with Gasteiger partial charge in [0.2, 0.25) is 17.3 Å². The van der Waals surface area contributed by atoms with Gasteiger partial charge >= 0.3 is 11.6 Å². The van der Waals surface area contributed by atoms with Crippen molar-refractivity contribution in [1.29, 1.82) is 0 Å². The van der Waals surface area contributed by atoms with Crippen molar-refractivity contribution >= 4 is 5.78 Å². The van der Waals surface area contributed by atoms with E-state index in [2.05, 4.69) is 0 Å². The summed E-state index contributed by atoms with van der Waals surface area (Å²) in [6, 6.07) is 55.4. The van der Waals surface area contributed by atoms with Crippen LogP contribution in [0.3, 0.4) is 0 Å². The summed E-state index contributed by atoms with van der Waals surface area (Å²) < 4.78 is 40.7. The maximum Gasteiger partial charge on any atom is 0.305 e. The molecule has 7 aromatic rings. The molecule has 0 fully saturated rings. The fourth-order valence-corrected chi connectivity index (χ4v) is 7.72. The first-order valence-corrected chi connectivity index (χ1v) is 20.1. The number of ketones is 1. The Morgan fingerprint density at radius 2 is 1.03 bits per heavy atom. The second kappa shape index (κ2) is 15.6. The molecule has 2 aliphatic heterocycles. The first kappa shape index (κ1) is 38.5. The van der Waals surface area contributed by atoms with E-state index < -0.39 is 23.3 Å². The van der Waals surface area contributed by atoms with Crippen LogP contribution in [0.1, 0.15) is 77.0 Å². The van der Waals surface area contributed by atoms with E-state index in [9.17, 15) is 5.11 Å². The number of benzene rings is 7. The lowest BCUT2D eigenvalue weighted by atomic mass is 9.91. The highest BCUT2D eigenvalue weighted by atomic mass is 16.7. The van der Waals surface area contributed by atoms with Gasteiger partial charge in [-0.1, -0.05) is 159 Å². The Hall–Kier alpha value is -7.03. The molecule has 0 saturated carbocycles. The highest BCUT2D eigenvalue weighted by Gasteiger charge is 2.50. The van der Waals surface area contributed by atoms with Crippen molar-refractivity contribution in [3.05, 3.63) is 215 Å². The average Bonchev–Trinajstić information content (AvgIpc) is 3.91. The predicted octanol–water partition coefficient (Wildman–Crippen LogP) is 11.1. The summed E-state index contributed by atoms with van der Waals surface area (Å²) in [4.78, 5) is 15.1. The highest BCUT2D eigenvalue weighted by molar-refractivity contribution is 6.03. The Kier molecular flexibility index (Phi) is 10.0. The highest BCUT2D eigenvalue weighted by Crippen LogP contribution is 2.55. The number of Topliss-reactive ketones (excluding diaryl/α,β-unsaturated/α-hetero) is 1. The maximum absolute atomic E-state index is 15.1. The van der Waals surface area contributed by atoms with Gasteiger partial charge in [0.25, 0.3) is 0 Å². The number of fused-ring (bicyclic) bond motifs is 2. The molecule has 0 bridgehead atoms. The van der Waals surface area contributed by atoms with E-state index in [4.69, 9.17) is 28.4 Å². The number of hydrogen-bond donors (Lipinski definition) is 1. The largest absolute Gasteiger partial charge is 0.485 e. The molecule has 0 saturated heterocycles. The predicted molar refractivity (Wildman–Crippen MR) is 228 cm³/mol. The molecule has 0 amide bonds. The van der Waals surface area contributed by atoms with Gasteiger partial charge in [0.15, 0.2) is 28.6 Å². The lowest BCUT2D eigenvalue weighted by molar-refractivity contribution is -0.0478. The average molecular weight is 797 g/mol. The van der Waals surface area contributed by atoms with Gasteiger partial charge in [-0.25, -0.2) is 0 Å². The standard InChI is InChI=1S/C52H44O8/c1-4-50(3,56-44-30-37(35(2)53)31-45-48(44)60-52(57-45,41-26-16-8-17-27-41)42-28-18-9-19-29-42)49(54)38-32-43(55-34-36-20-10-5-11-21-36)47-46(33-38)58-51(59-47,39-22-12-6-13-23-39)40-24-14-7-15-25-40/h5-33,35,53H,4,34H2,1-3H3/t35-,50?/m0/s1. The normalized spacial score (nSPS) is 15.7. The van der Waals surface area contributed by atoms with Crippen LogP contribution in [-0.2, 0) is 18.2 Å². The smallest absolute Gasteiger partial charge is 0.305 e. The van der Waals surface area contributed by atoms with Crippen LogP contribution in [0.4, 0.5) is 0 Å². The number of carbonyl (C=O) groups excluding carboxylic acids is 1. The number of carbonyl (C=O) groups is 1. The van der Waals surface area contributed by atoms with E-state index in [0.717, 1.165) is 27.8 Å². The molecule has 2 heterocycles. The van der Waals surface area contributed by atoms with Crippen LogP contribution in [0.15, 0.2) is 176 Å². The van der Waals surface area contributed by atoms with Crippen molar-refractivity contribution in [2.45, 2.75) is 57.1 Å². The molecule has 2 aliphatic rings. The molecule has 8 heteroatoms. The Morgan fingerprint density at radius 3 is 1.48 bits per heavy atom. The first-order valence-electron chi connectivity index (χ1n) is 20.1. The topological polar surface area (TPSA) is 92.7 Å². The van der Waals surface area contributed by atoms with Gasteiger partial charge in [-0.05, 0) is 55.7 Å². The molecule has 7 aromatic carbocycles. The van der Waals surface area contributed by atoms with Crippen molar-refractivity contribution in [2.24, 2.45) is 0 Å². The fourth-order valence-electron chi connectivity index (χ4n) is 7.72. The second-order valence-electron chi connectivity index (χ2n) is 15.2. The number of rotatable bonds is 13. The lowest BCUT2D eigenvalue weighted by Crippen LogP contribution is -2.41. The molecule has 2 atom stereocenters. The molecule has 0 spiro atoms. The zero-order valence-corrected chi connectivity index (χ0v) is 33.5. The van der Waals surface area contributed by atoms with Crippen LogP contribution in [-0.4, -0.2) is 16.5 Å². The van der Waals surface area contributed by atoms with Gasteiger partial charge < -0.3 is 33.5 Å². The molecule has 60 heavy (non-hydrogen) atoms. The van der Waals surface area contributed by atoms with Crippen molar-refractivity contribution < 1.29 is 38.3 Å². The van der Waals surface area contributed by atoms with Gasteiger partial charge in [-0.3, -0.25) is 4.79 Å². The summed E-state index contributed by atoms with van der Waals surface area (Å²) >= 11 is 0. The summed E-state index contributed by atoms with van der Waals surface area (Å²) in [7, 11) is 0. The van der Waals surface area contributed by atoms with Crippen molar-refractivity contribution in [3.8, 4) is 34.5 Å². The summed E-state index contributed by atoms with van der Waals surface area (Å²) in [5.41, 5.74) is 3.39. The van der Waals surface area contributed by atoms with Gasteiger partial charge in [0.05, 0.1) is 6.10 Å². The Balaban J connectivity index is 1.12. The first-order chi connectivity index (χ1) is 29.2. The summed E-state index contributed by atoms with van der Waals surface area (Å²) in [5, 5.41) is 10.9. The number of ether oxygens (including phenoxy) is 6. The molecule has 0 radical (unpaired) electrons. The molecule has 0 aliphatic carbocycles. The van der Waals surface area contributed by atoms with Crippen molar-refractivity contribution in [3.63, 3.8) is 0 Å². The van der Waals surface area contributed by atoms with Crippen molar-refractivity contribution in [2.75, 3.05) is 0 Å². The Labute approximate surface area is 349 Å². The van der Waals surface area contributed by atoms with Crippen LogP contribution in [0.25, 0.3) is 0 Å². The van der Waals surface area contributed by atoms with E-state index in [0.29, 0.717) is 39.9 Å². The monoisotopic (exact) mass is 796 g/mol. The van der Waals surface area contributed by atoms with Crippen LogP contribution in [0, 0.1) is 0 Å². The van der Waals surface area contributed by atoms with Crippen LogP contribution in [0.2, 0.25) is 0 Å². The third-order valence-corrected chi connectivity index (χ3v) is 11.2. The minimum atomic E-state index is -1.44. The third kappa shape index (κ3) is 6.88. The van der Waals surface area contributed by atoms with Crippen LogP contribution < -0.4 is 28.4 Å². The zero-order chi connectivity index (χ0) is 41.3. The SMILES string of the molecule is CCC(C)(Oc1cc([C@H](C)O)cc2c1OC(c1ccccc1)(c1ccccc1)O2)C(=O)c1cc(OCc2ccccc2)c2c(c1)OC(c1ccccc1)(c1ccccc1)O2. The molecule has 8 nitrogen and oxygen atoms in total. The summed E-state index contributed by atoms with van der Waals surface area (Å²) in [6.45, 7) is 5.53. The third-order valence-electron chi connectivity index (χ3n) is 11.2. The van der Waals surface area contributed by atoms with Crippen LogP contribution >= 0.6 is 0 Å². The zero-order valence-electron chi connectivity index (χ0n) is 33.5. The molecule has 1 N–H and O–H groups in total. The van der Waals surface area contributed by atoms with E-state index in [1.165, 1.54) is 0 Å². The molecule has 300 valence electrons. The Morgan fingerprint density at radius 1 is 0.600 bits per heavy atom. The quantitative estimate of drug-likeness (QED) is 0.115. The van der Waals surface area contributed by atoms with E-state index >= 15 is 4.79 Å². The maximum atomic E-state index is 15.1. The van der Waals surface area contributed by atoms with E-state index in [-0.39, 0.29) is 24.6 Å². The Bertz CT molecular complexity index is 2540. The van der Waals surface area contributed by atoms with Gasteiger partial charge in [-0.2, -0.15) is 0 Å². The van der Waals surface area contributed by atoms with Crippen molar-refractivity contribution in [1.82, 2.24) is 0 Å². The molecule has 1 unspecified atom stereocenters. The second-order valence-corrected chi connectivity index (χ2v) is 15.2. The van der Waals surface area contributed by atoms with E-state index in [1.54, 1.807) is 38.1 Å². The number of aliphatic hydroxyl groups excluding tert-OH is 1. The van der Waals surface area contributed by atoms with Gasteiger partial charge in [0.1, 0.15) is 6.61 Å². The summed E-state index contributed by atoms with van der Waals surface area (Å²) in [5.74, 6) is -1.04. The fraction of sp³-hybridized carbons (Fsp3) is 0.173. The lowest BCUT2D eigenvalue weighted by Gasteiger charge is -2.30. The van der Waals surface area contributed by atoms with E-state index in [1.807, 2.05) is 159 Å². The number of hydrogen-bond acceptors (Lipinski definition) is 8. The molecule has 9 rings (SSSR count). The molecular formula is C52H44O8. The van der Waals surface area contributed by atoms with Crippen LogP contribution in [0.5, 0.6) is 34.5 Å². The minimum absolute atomic E-state index is 0.222. The summed E-state index contributed by atoms with van der Waals surface area (Å²) in [6.07, 6.45) is -0.601. The molecular weight excluding hydrogens is 753 g/mol. The van der Waals surface area contributed by atoms with Gasteiger partial charge in [0, 0.05) is 27.8 Å². The van der Waals surface area contributed by atoms with Gasteiger partial charge in [-0.15, -0.1) is 0 Å². The molecule has 0 aromatic heterocycles. The number of aliphatic hydroxyl groups is 1. The minimum Gasteiger partial charge on any atom is -0.485 e.